The third kappa shape index (κ3) is 12.3. The number of amides is 3. The topological polar surface area (TPSA) is 114 Å². The monoisotopic (exact) mass is 699 g/mol. The second-order valence-electron chi connectivity index (χ2n) is 15.8. The first-order valence-corrected chi connectivity index (χ1v) is 17.7. The van der Waals surface area contributed by atoms with Gasteiger partial charge in [0.2, 0.25) is 11.8 Å². The van der Waals surface area contributed by atoms with Crippen LogP contribution in [0.4, 0.5) is 4.79 Å². The van der Waals surface area contributed by atoms with Crippen molar-refractivity contribution < 1.29 is 28.7 Å². The molecule has 0 aliphatic heterocycles. The van der Waals surface area contributed by atoms with Gasteiger partial charge in [-0.05, 0) is 103 Å². The number of nitrogens with one attached hydrogen (secondary N) is 2. The highest BCUT2D eigenvalue weighted by atomic mass is 16.6. The molecule has 0 radical (unpaired) electrons. The fourth-order valence-corrected chi connectivity index (χ4v) is 5.63. The minimum Gasteiger partial charge on any atom is -0.458 e. The maximum Gasteiger partial charge on any atom is 0.408 e. The molecular formula is C42H57N3O6. The molecule has 3 amide bonds. The standard InChI is InChI=1S/C42H57N3O6/c1-12-42(10,11)45(37(47)33(26-30-19-15-13-16-20-30)44-39(49)51-41(7,8)9)35(32-24-23-28(2)29(3)25-32)36(46)43-34(38(48)50-40(4,5)6)27-31-21-17-14-18-22-31/h13-25,33-35H,12,26-27H2,1-11H3,(H,43,46)(H,44,49). The zero-order valence-electron chi connectivity index (χ0n) is 32.3. The Balaban J connectivity index is 2.20. The smallest absolute Gasteiger partial charge is 0.408 e. The Morgan fingerprint density at radius 3 is 1.65 bits per heavy atom. The van der Waals surface area contributed by atoms with Gasteiger partial charge in [0, 0.05) is 18.4 Å². The lowest BCUT2D eigenvalue weighted by Crippen LogP contribution is -2.60. The Bertz CT molecular complexity index is 1640. The molecule has 0 aromatic heterocycles. The van der Waals surface area contributed by atoms with E-state index in [1.807, 2.05) is 113 Å². The van der Waals surface area contributed by atoms with Crippen molar-refractivity contribution in [2.45, 2.75) is 130 Å². The molecule has 0 spiro atoms. The summed E-state index contributed by atoms with van der Waals surface area (Å²) in [7, 11) is 0. The van der Waals surface area contributed by atoms with Crippen LogP contribution in [0.3, 0.4) is 0 Å². The van der Waals surface area contributed by atoms with Crippen LogP contribution in [0, 0.1) is 13.8 Å². The quantitative estimate of drug-likeness (QED) is 0.178. The predicted molar refractivity (Wildman–Crippen MR) is 201 cm³/mol. The molecule has 9 heteroatoms. The molecule has 3 unspecified atom stereocenters. The number of nitrogens with zero attached hydrogens (tertiary/aromatic N) is 1. The molecule has 0 aliphatic carbocycles. The van der Waals surface area contributed by atoms with Crippen LogP contribution in [0.25, 0.3) is 0 Å². The fourth-order valence-electron chi connectivity index (χ4n) is 5.63. The maximum absolute atomic E-state index is 15.1. The molecule has 0 heterocycles. The highest BCUT2D eigenvalue weighted by molar-refractivity contribution is 5.94. The fraction of sp³-hybridized carbons (Fsp3) is 0.476. The Morgan fingerprint density at radius 1 is 0.667 bits per heavy atom. The van der Waals surface area contributed by atoms with Gasteiger partial charge < -0.3 is 25.0 Å². The van der Waals surface area contributed by atoms with Crippen LogP contribution in [0.1, 0.15) is 103 Å². The molecule has 0 fully saturated rings. The molecule has 3 aromatic rings. The van der Waals surface area contributed by atoms with Crippen LogP contribution in [-0.2, 0) is 36.7 Å². The molecule has 0 bridgehead atoms. The van der Waals surface area contributed by atoms with E-state index >= 15 is 4.79 Å². The number of aryl methyl sites for hydroxylation is 2. The SMILES string of the molecule is CCC(C)(C)N(C(=O)C(Cc1ccccc1)NC(=O)OC(C)(C)C)C(C(=O)NC(Cc1ccccc1)C(=O)OC(C)(C)C)c1ccc(C)c(C)c1. The molecular weight excluding hydrogens is 642 g/mol. The normalized spacial score (nSPS) is 13.7. The Hall–Kier alpha value is -4.66. The van der Waals surface area contributed by atoms with Crippen LogP contribution in [0.15, 0.2) is 78.9 Å². The second kappa shape index (κ2) is 17.0. The minimum atomic E-state index is -1.17. The van der Waals surface area contributed by atoms with E-state index in [0.29, 0.717) is 12.0 Å². The second-order valence-corrected chi connectivity index (χ2v) is 15.8. The molecule has 3 aromatic carbocycles. The van der Waals surface area contributed by atoms with Crippen LogP contribution < -0.4 is 10.6 Å². The summed E-state index contributed by atoms with van der Waals surface area (Å²) in [5.41, 5.74) is 1.71. The summed E-state index contributed by atoms with van der Waals surface area (Å²) in [5.74, 6) is -1.60. The Labute approximate surface area is 304 Å². The summed E-state index contributed by atoms with van der Waals surface area (Å²) >= 11 is 0. The Kier molecular flexibility index (Phi) is 13.6. The van der Waals surface area contributed by atoms with Gasteiger partial charge in [0.05, 0.1) is 0 Å². The third-order valence-electron chi connectivity index (χ3n) is 8.67. The van der Waals surface area contributed by atoms with E-state index in [9.17, 15) is 14.4 Å². The van der Waals surface area contributed by atoms with Gasteiger partial charge in [0.15, 0.2) is 0 Å². The van der Waals surface area contributed by atoms with E-state index in [1.165, 1.54) is 0 Å². The van der Waals surface area contributed by atoms with Gasteiger partial charge in [-0.2, -0.15) is 0 Å². The van der Waals surface area contributed by atoms with Gasteiger partial charge in [-0.3, -0.25) is 9.59 Å². The highest BCUT2D eigenvalue weighted by Gasteiger charge is 2.44. The molecule has 9 nitrogen and oxygen atoms in total. The van der Waals surface area contributed by atoms with Crippen LogP contribution in [0.5, 0.6) is 0 Å². The predicted octanol–water partition coefficient (Wildman–Crippen LogP) is 7.57. The van der Waals surface area contributed by atoms with E-state index in [0.717, 1.165) is 22.3 Å². The largest absolute Gasteiger partial charge is 0.458 e. The summed E-state index contributed by atoms with van der Waals surface area (Å²) in [6, 6.07) is 21.1. The third-order valence-corrected chi connectivity index (χ3v) is 8.67. The first-order valence-electron chi connectivity index (χ1n) is 17.7. The van der Waals surface area contributed by atoms with E-state index < -0.39 is 58.7 Å². The van der Waals surface area contributed by atoms with Crippen molar-refractivity contribution in [1.82, 2.24) is 15.5 Å². The molecule has 0 saturated carbocycles. The van der Waals surface area contributed by atoms with E-state index in [1.54, 1.807) is 46.4 Å². The zero-order chi connectivity index (χ0) is 38.1. The van der Waals surface area contributed by atoms with Gasteiger partial charge in [0.1, 0.15) is 29.3 Å². The molecule has 2 N–H and O–H groups in total. The maximum atomic E-state index is 15.1. The lowest BCUT2D eigenvalue weighted by molar-refractivity contribution is -0.159. The van der Waals surface area contributed by atoms with Crippen LogP contribution in [0.2, 0.25) is 0 Å². The summed E-state index contributed by atoms with van der Waals surface area (Å²) in [6.07, 6.45) is 0.0805. The number of carbonyl (C=O) groups excluding carboxylic acids is 4. The summed E-state index contributed by atoms with van der Waals surface area (Å²) in [4.78, 5) is 58.5. The van der Waals surface area contributed by atoms with Crippen LogP contribution >= 0.6 is 0 Å². The minimum absolute atomic E-state index is 0.158. The van der Waals surface area contributed by atoms with Crippen molar-refractivity contribution >= 4 is 23.9 Å². The number of carbonyl (C=O) groups is 4. The number of alkyl carbamates (subject to hydrolysis) is 1. The van der Waals surface area contributed by atoms with E-state index in [-0.39, 0.29) is 12.8 Å². The van der Waals surface area contributed by atoms with Gasteiger partial charge in [-0.25, -0.2) is 9.59 Å². The van der Waals surface area contributed by atoms with Gasteiger partial charge in [-0.15, -0.1) is 0 Å². The summed E-state index contributed by atoms with van der Waals surface area (Å²) in [6.45, 7) is 20.3. The number of esters is 1. The average molecular weight is 700 g/mol. The van der Waals surface area contributed by atoms with E-state index in [2.05, 4.69) is 10.6 Å². The van der Waals surface area contributed by atoms with Crippen LogP contribution in [-0.4, -0.2) is 57.6 Å². The number of hydrogen-bond acceptors (Lipinski definition) is 6. The molecule has 51 heavy (non-hydrogen) atoms. The number of benzene rings is 3. The van der Waals surface area contributed by atoms with Crippen molar-refractivity contribution in [1.29, 1.82) is 0 Å². The molecule has 3 rings (SSSR count). The lowest BCUT2D eigenvalue weighted by Gasteiger charge is -2.45. The molecule has 3 atom stereocenters. The van der Waals surface area contributed by atoms with Gasteiger partial charge >= 0.3 is 12.1 Å². The lowest BCUT2D eigenvalue weighted by atomic mass is 9.90. The van der Waals surface area contributed by atoms with Gasteiger partial charge in [-0.1, -0.05) is 85.8 Å². The number of rotatable bonds is 13. The first kappa shape index (κ1) is 40.8. The molecule has 276 valence electrons. The van der Waals surface area contributed by atoms with Crippen molar-refractivity contribution in [2.75, 3.05) is 0 Å². The van der Waals surface area contributed by atoms with Crippen molar-refractivity contribution in [3.05, 3.63) is 107 Å². The molecule has 0 saturated heterocycles. The average Bonchev–Trinajstić information content (AvgIpc) is 3.03. The summed E-state index contributed by atoms with van der Waals surface area (Å²) < 4.78 is 11.4. The number of ether oxygens (including phenoxy) is 2. The highest BCUT2D eigenvalue weighted by Crippen LogP contribution is 2.34. The van der Waals surface area contributed by atoms with Crippen molar-refractivity contribution in [2.24, 2.45) is 0 Å². The number of hydrogen-bond donors (Lipinski definition) is 2. The zero-order valence-corrected chi connectivity index (χ0v) is 32.3. The summed E-state index contributed by atoms with van der Waals surface area (Å²) in [5, 5.41) is 5.82. The molecule has 0 aliphatic rings. The Morgan fingerprint density at radius 2 is 1.18 bits per heavy atom. The van der Waals surface area contributed by atoms with Crippen molar-refractivity contribution in [3.63, 3.8) is 0 Å². The first-order chi connectivity index (χ1) is 23.7. The van der Waals surface area contributed by atoms with Crippen molar-refractivity contribution in [3.8, 4) is 0 Å². The van der Waals surface area contributed by atoms with E-state index in [4.69, 9.17) is 9.47 Å². The van der Waals surface area contributed by atoms with Gasteiger partial charge in [0.25, 0.3) is 0 Å².